The third kappa shape index (κ3) is 8.51. The molecular weight excluding hydrogens is 614 g/mol. The maximum Gasteiger partial charge on any atom is 0.294 e. The molecule has 0 aliphatic heterocycles. The lowest BCUT2D eigenvalue weighted by molar-refractivity contribution is -0.115. The summed E-state index contributed by atoms with van der Waals surface area (Å²) in [7, 11) is -5.92. The maximum atomic E-state index is 12.9. The van der Waals surface area contributed by atoms with Gasteiger partial charge in [0.1, 0.15) is 11.5 Å². The van der Waals surface area contributed by atoms with E-state index in [1.807, 2.05) is 0 Å². The molecule has 0 atom stereocenters. The van der Waals surface area contributed by atoms with Crippen LogP contribution in [0.2, 0.25) is 0 Å². The van der Waals surface area contributed by atoms with E-state index in [1.54, 1.807) is 30.3 Å². The van der Waals surface area contributed by atoms with E-state index in [0.29, 0.717) is 34.1 Å². The van der Waals surface area contributed by atoms with Gasteiger partial charge in [-0.05, 0) is 54.6 Å². The first-order chi connectivity index (χ1) is 20.9. The summed E-state index contributed by atoms with van der Waals surface area (Å²) in [6.45, 7) is 0. The van der Waals surface area contributed by atoms with Gasteiger partial charge >= 0.3 is 0 Å². The summed E-state index contributed by atoms with van der Waals surface area (Å²) in [5, 5.41) is 18.9. The van der Waals surface area contributed by atoms with Gasteiger partial charge in [-0.1, -0.05) is 18.2 Å². The predicted molar refractivity (Wildman–Crippen MR) is 159 cm³/mol. The summed E-state index contributed by atoms with van der Waals surface area (Å²) in [5.41, 5.74) is 2.04. The Morgan fingerprint density at radius 1 is 0.659 bits per heavy atom. The van der Waals surface area contributed by atoms with E-state index in [1.165, 1.54) is 68.8 Å². The molecule has 0 fully saturated rings. The molecule has 0 radical (unpaired) electrons. The summed E-state index contributed by atoms with van der Waals surface area (Å²) in [5.74, 6) is 0.278. The predicted octanol–water partition coefficient (Wildman–Crippen LogP) is 6.21. The van der Waals surface area contributed by atoms with Gasteiger partial charge in [-0.15, -0.1) is 0 Å². The zero-order chi connectivity index (χ0) is 31.9. The first-order valence-corrected chi connectivity index (χ1v) is 15.4. The maximum absolute atomic E-state index is 12.9. The fraction of sp³-hybridized carbons (Fsp3) is 0.107. The molecule has 0 saturated heterocycles. The van der Waals surface area contributed by atoms with Gasteiger partial charge in [-0.3, -0.25) is 13.9 Å². The number of azo groups is 2. The van der Waals surface area contributed by atoms with Gasteiger partial charge in [-0.2, -0.15) is 37.3 Å². The van der Waals surface area contributed by atoms with E-state index < -0.39 is 20.2 Å². The molecule has 16 heteroatoms. The van der Waals surface area contributed by atoms with Crippen LogP contribution in [0.1, 0.15) is 5.56 Å². The molecule has 4 aromatic rings. The van der Waals surface area contributed by atoms with E-state index in [-0.39, 0.29) is 33.5 Å². The van der Waals surface area contributed by atoms with Crippen LogP contribution in [-0.2, 0) is 31.5 Å². The number of carbonyl (C=O) groups is 1. The summed E-state index contributed by atoms with van der Waals surface area (Å²) >= 11 is 0. The summed E-state index contributed by atoms with van der Waals surface area (Å²) < 4.78 is 74.6. The number of carbonyl (C=O) groups excluding carboxylic acids is 1. The molecule has 14 nitrogen and oxygen atoms in total. The minimum absolute atomic E-state index is 0.0638. The Hall–Kier alpha value is -5.03. The van der Waals surface area contributed by atoms with Gasteiger partial charge in [0.05, 0.1) is 58.9 Å². The lowest BCUT2D eigenvalue weighted by Gasteiger charge is -2.12. The Labute approximate surface area is 252 Å². The molecule has 228 valence electrons. The molecule has 4 aromatic carbocycles. The van der Waals surface area contributed by atoms with Crippen LogP contribution in [-0.4, -0.2) is 46.1 Å². The molecule has 44 heavy (non-hydrogen) atoms. The van der Waals surface area contributed by atoms with E-state index >= 15 is 0 Å². The highest BCUT2D eigenvalue weighted by Crippen LogP contribution is 2.32. The number of methoxy groups -OCH3 is 2. The third-order valence-corrected chi connectivity index (χ3v) is 7.57. The Morgan fingerprint density at radius 2 is 1.11 bits per heavy atom. The molecule has 0 bridgehead atoms. The number of benzene rings is 4. The van der Waals surface area contributed by atoms with E-state index in [4.69, 9.17) is 9.47 Å². The largest absolute Gasteiger partial charge is 0.496 e. The Kier molecular flexibility index (Phi) is 9.80. The highest BCUT2D eigenvalue weighted by atomic mass is 32.2. The van der Waals surface area contributed by atoms with Gasteiger partial charge in [0.15, 0.2) is 0 Å². The van der Waals surface area contributed by atoms with Crippen molar-refractivity contribution in [2.75, 3.05) is 19.5 Å². The topological polar surface area (TPSA) is 206 Å². The minimum atomic E-state index is -4.39. The van der Waals surface area contributed by atoms with Crippen molar-refractivity contribution in [3.63, 3.8) is 0 Å². The smallest absolute Gasteiger partial charge is 0.294 e. The van der Waals surface area contributed by atoms with Crippen molar-refractivity contribution in [1.82, 2.24) is 0 Å². The van der Waals surface area contributed by atoms with Gasteiger partial charge in [0.2, 0.25) is 5.91 Å². The standard InChI is InChI=1S/C28H25N5O9S2/c1-41-26-16-21(32-30-19-5-3-7-23(14-19)43(35,36)37)10-9-18(26)13-28(34)29-25-12-11-22(17-27(25)42-2)33-31-20-6-4-8-24(15-20)44(38,39)40/h3-12,14-17H,13H2,1-2H3,(H,29,34)(H,35,36,37)(H,38,39,40)/b32-30+,33-31+. The molecular formula is C28H25N5O9S2. The zero-order valence-corrected chi connectivity index (χ0v) is 24.8. The molecule has 0 heterocycles. The third-order valence-electron chi connectivity index (χ3n) is 5.87. The minimum Gasteiger partial charge on any atom is -0.496 e. The average molecular weight is 640 g/mol. The van der Waals surface area contributed by atoms with Crippen molar-refractivity contribution in [2.45, 2.75) is 16.2 Å². The van der Waals surface area contributed by atoms with Crippen LogP contribution in [0.4, 0.5) is 28.4 Å². The van der Waals surface area contributed by atoms with E-state index in [0.717, 1.165) is 0 Å². The second-order valence-electron chi connectivity index (χ2n) is 8.95. The summed E-state index contributed by atoms with van der Waals surface area (Å²) in [6, 6.07) is 20.1. The van der Waals surface area contributed by atoms with Crippen LogP contribution in [0.15, 0.2) is 115 Å². The van der Waals surface area contributed by atoms with Crippen molar-refractivity contribution < 1.29 is 40.2 Å². The Bertz CT molecular complexity index is 1840. The Balaban J connectivity index is 1.44. The monoisotopic (exact) mass is 639 g/mol. The normalized spacial score (nSPS) is 12.0. The van der Waals surface area contributed by atoms with Gasteiger partial charge in [0, 0.05) is 17.7 Å². The number of rotatable bonds is 11. The number of amides is 1. The number of nitrogens with zero attached hydrogens (tertiary/aromatic N) is 4. The molecule has 0 aliphatic carbocycles. The molecule has 0 saturated carbocycles. The van der Waals surface area contributed by atoms with Crippen molar-refractivity contribution in [3.05, 3.63) is 90.5 Å². The van der Waals surface area contributed by atoms with Crippen LogP contribution in [0.3, 0.4) is 0 Å². The van der Waals surface area contributed by atoms with Crippen molar-refractivity contribution >= 4 is 54.6 Å². The molecule has 1 amide bonds. The van der Waals surface area contributed by atoms with Crippen LogP contribution >= 0.6 is 0 Å². The molecule has 0 aromatic heterocycles. The lowest BCUT2D eigenvalue weighted by atomic mass is 10.1. The lowest BCUT2D eigenvalue weighted by Crippen LogP contribution is -2.15. The van der Waals surface area contributed by atoms with Crippen LogP contribution in [0, 0.1) is 0 Å². The second-order valence-corrected chi connectivity index (χ2v) is 11.8. The molecule has 4 rings (SSSR count). The highest BCUT2D eigenvalue weighted by molar-refractivity contribution is 7.86. The number of anilines is 1. The number of ether oxygens (including phenoxy) is 2. The fourth-order valence-corrected chi connectivity index (χ4v) is 4.84. The highest BCUT2D eigenvalue weighted by Gasteiger charge is 2.14. The molecule has 0 unspecified atom stereocenters. The van der Waals surface area contributed by atoms with E-state index in [2.05, 4.69) is 25.8 Å². The first-order valence-electron chi connectivity index (χ1n) is 12.5. The Morgan fingerprint density at radius 3 is 1.59 bits per heavy atom. The quantitative estimate of drug-likeness (QED) is 0.126. The van der Waals surface area contributed by atoms with E-state index in [9.17, 15) is 30.7 Å². The summed E-state index contributed by atoms with van der Waals surface area (Å²) in [6.07, 6.45) is -0.0638. The van der Waals surface area contributed by atoms with Crippen molar-refractivity contribution in [3.8, 4) is 11.5 Å². The fourth-order valence-electron chi connectivity index (χ4n) is 3.80. The van der Waals surface area contributed by atoms with Crippen LogP contribution in [0.5, 0.6) is 11.5 Å². The SMILES string of the molecule is COc1cc(/N=N/c2cccc(S(=O)(=O)O)c2)ccc1CC(=O)Nc1ccc(/N=N/c2cccc(S(=O)(=O)O)c2)cc1OC. The van der Waals surface area contributed by atoms with Crippen molar-refractivity contribution in [2.24, 2.45) is 20.5 Å². The first kappa shape index (κ1) is 31.9. The number of hydrogen-bond acceptors (Lipinski definition) is 11. The van der Waals surface area contributed by atoms with Crippen LogP contribution in [0.25, 0.3) is 0 Å². The zero-order valence-electron chi connectivity index (χ0n) is 23.1. The summed E-state index contributed by atoms with van der Waals surface area (Å²) in [4.78, 5) is 12.3. The molecule has 3 N–H and O–H groups in total. The molecule has 0 spiro atoms. The van der Waals surface area contributed by atoms with Crippen LogP contribution < -0.4 is 14.8 Å². The van der Waals surface area contributed by atoms with Gasteiger partial charge in [-0.25, -0.2) is 0 Å². The van der Waals surface area contributed by atoms with Crippen molar-refractivity contribution in [1.29, 1.82) is 0 Å². The number of nitrogens with one attached hydrogen (secondary N) is 1. The van der Waals surface area contributed by atoms with Gasteiger partial charge < -0.3 is 14.8 Å². The second kappa shape index (κ2) is 13.5. The number of hydrogen-bond donors (Lipinski definition) is 3. The molecule has 0 aliphatic rings. The van der Waals surface area contributed by atoms with Gasteiger partial charge in [0.25, 0.3) is 20.2 Å². The average Bonchev–Trinajstić information content (AvgIpc) is 2.99.